The number of nitro benzene ring substituents is 1. The average Bonchev–Trinajstić information content (AvgIpc) is 3.32. The molecule has 0 saturated carbocycles. The van der Waals surface area contributed by atoms with Crippen LogP contribution in [0.2, 0.25) is 0 Å². The van der Waals surface area contributed by atoms with Gasteiger partial charge >= 0.3 is 0 Å². The van der Waals surface area contributed by atoms with Gasteiger partial charge in [-0.1, -0.05) is 103 Å². The molecule has 1 aliphatic heterocycles. The number of amides is 1. The Labute approximate surface area is 224 Å². The molecule has 4 aromatic carbocycles. The molecule has 0 N–H and O–H groups in total. The molecular weight excluding hydrogens is 513 g/mol. The van der Waals surface area contributed by atoms with Crippen LogP contribution in [0.3, 0.4) is 0 Å². The number of rotatable bonds is 6. The highest BCUT2D eigenvalue weighted by Gasteiger charge is 2.35. The number of hydrogen-bond donors (Lipinski definition) is 0. The molecule has 1 amide bonds. The van der Waals surface area contributed by atoms with Gasteiger partial charge in [-0.15, -0.1) is 0 Å². The van der Waals surface area contributed by atoms with Gasteiger partial charge in [0.05, 0.1) is 15.1 Å². The van der Waals surface area contributed by atoms with Gasteiger partial charge < -0.3 is 0 Å². The number of benzene rings is 4. The van der Waals surface area contributed by atoms with Crippen molar-refractivity contribution in [2.24, 2.45) is 4.99 Å². The molecule has 8 heteroatoms. The predicted octanol–water partition coefficient (Wildman–Crippen LogP) is 5.30. The zero-order valence-electron chi connectivity index (χ0n) is 20.0. The molecule has 0 atom stereocenters. The van der Waals surface area contributed by atoms with E-state index < -0.39 is 17.7 Å². The van der Waals surface area contributed by atoms with Gasteiger partial charge in [-0.2, -0.15) is 5.26 Å². The lowest BCUT2D eigenvalue weighted by Crippen LogP contribution is -2.32. The SMILES string of the molecule is N#CC(C1=NC(=O)/C(=C/c2ccc([N+](=O)[O-])cc2)S1)=P(c1ccccc1)(c1ccccc1)c1ccccc1. The molecule has 0 spiro atoms. The Morgan fingerprint density at radius 3 is 1.71 bits per heavy atom. The molecule has 4 aromatic rings. The highest BCUT2D eigenvalue weighted by molar-refractivity contribution is 8.22. The van der Waals surface area contributed by atoms with Crippen LogP contribution in [0.4, 0.5) is 5.69 Å². The summed E-state index contributed by atoms with van der Waals surface area (Å²) >= 11 is 1.16. The zero-order valence-corrected chi connectivity index (χ0v) is 21.7. The topological polar surface area (TPSA) is 96.4 Å². The van der Waals surface area contributed by atoms with E-state index in [0.717, 1.165) is 27.7 Å². The van der Waals surface area contributed by atoms with Crippen LogP contribution in [-0.4, -0.2) is 21.2 Å². The molecule has 0 bridgehead atoms. The lowest BCUT2D eigenvalue weighted by Gasteiger charge is -2.30. The van der Waals surface area contributed by atoms with Crippen molar-refractivity contribution in [1.82, 2.24) is 0 Å². The van der Waals surface area contributed by atoms with Crippen molar-refractivity contribution in [2.45, 2.75) is 0 Å². The summed E-state index contributed by atoms with van der Waals surface area (Å²) in [6.07, 6.45) is 1.65. The monoisotopic (exact) mass is 533 g/mol. The molecule has 0 unspecified atom stereocenters. The van der Waals surface area contributed by atoms with Gasteiger partial charge in [0.25, 0.3) is 11.6 Å². The quantitative estimate of drug-likeness (QED) is 0.145. The summed E-state index contributed by atoms with van der Waals surface area (Å²) in [5.74, 6) is -0.441. The summed E-state index contributed by atoms with van der Waals surface area (Å²) < 4.78 is 0. The minimum absolute atomic E-state index is 0.0299. The Bertz CT molecular complexity index is 1570. The van der Waals surface area contributed by atoms with Crippen LogP contribution in [0.15, 0.2) is 125 Å². The van der Waals surface area contributed by atoms with Crippen LogP contribution in [-0.2, 0) is 4.79 Å². The molecule has 6 nitrogen and oxygen atoms in total. The van der Waals surface area contributed by atoms with Crippen molar-refractivity contribution >= 4 is 62.6 Å². The van der Waals surface area contributed by atoms with Gasteiger partial charge in [0, 0.05) is 12.1 Å². The first kappa shape index (κ1) is 25.2. The standard InChI is InChI=1S/C30H20N3O3PS/c31-21-27(30-32-29(34)28(38-30)20-22-16-18-23(19-17-22)33(35)36)37(24-10-4-1-5-11-24,25-12-6-2-7-13-25)26-14-8-3-9-15-26/h1-20H/b28-20-. The van der Waals surface area contributed by atoms with E-state index in [2.05, 4.69) is 11.1 Å². The van der Waals surface area contributed by atoms with Crippen molar-refractivity contribution < 1.29 is 9.72 Å². The molecule has 0 aliphatic carbocycles. The Morgan fingerprint density at radius 2 is 1.29 bits per heavy atom. The molecule has 184 valence electrons. The van der Waals surface area contributed by atoms with Gasteiger partial charge in [-0.05, 0) is 46.6 Å². The van der Waals surface area contributed by atoms with Crippen LogP contribution < -0.4 is 15.9 Å². The molecule has 1 aliphatic rings. The average molecular weight is 534 g/mol. The van der Waals surface area contributed by atoms with Gasteiger partial charge in [0.15, 0.2) is 0 Å². The molecule has 1 heterocycles. The predicted molar refractivity (Wildman–Crippen MR) is 157 cm³/mol. The summed E-state index contributed by atoms with van der Waals surface area (Å²) in [4.78, 5) is 28.3. The molecule has 0 radical (unpaired) electrons. The third-order valence-corrected chi connectivity index (χ3v) is 11.4. The maximum absolute atomic E-state index is 13.0. The lowest BCUT2D eigenvalue weighted by molar-refractivity contribution is -0.384. The fraction of sp³-hybridized carbons (Fsp3) is 0. The second-order valence-corrected chi connectivity index (χ2v) is 12.7. The molecular formula is C30H20N3O3PS. The van der Waals surface area contributed by atoms with Crippen molar-refractivity contribution in [2.75, 3.05) is 0 Å². The molecule has 0 saturated heterocycles. The highest BCUT2D eigenvalue weighted by atomic mass is 32.2. The number of non-ortho nitro benzene ring substituents is 1. The first-order chi connectivity index (χ1) is 18.5. The first-order valence-corrected chi connectivity index (χ1v) is 14.3. The van der Waals surface area contributed by atoms with Gasteiger partial charge in [0.1, 0.15) is 11.1 Å². The van der Waals surface area contributed by atoms with Crippen LogP contribution >= 0.6 is 18.6 Å². The molecule has 5 rings (SSSR count). The molecule has 0 fully saturated rings. The number of carbonyl (C=O) groups excluding carboxylic acids is 1. The van der Waals surface area contributed by atoms with Crippen LogP contribution in [0.25, 0.3) is 6.08 Å². The lowest BCUT2D eigenvalue weighted by atomic mass is 10.2. The molecule has 0 aromatic heterocycles. The number of hydrogen-bond acceptors (Lipinski definition) is 5. The normalized spacial score (nSPS) is 14.1. The first-order valence-electron chi connectivity index (χ1n) is 11.6. The fourth-order valence-corrected chi connectivity index (χ4v) is 9.78. The Kier molecular flexibility index (Phi) is 7.19. The van der Waals surface area contributed by atoms with Crippen LogP contribution in [0.1, 0.15) is 5.56 Å². The number of thioether (sulfide) groups is 1. The van der Waals surface area contributed by atoms with Crippen molar-refractivity contribution in [3.05, 3.63) is 136 Å². The Morgan fingerprint density at radius 1 is 0.816 bits per heavy atom. The number of aliphatic imine (C=N–C) groups is 1. The van der Waals surface area contributed by atoms with Gasteiger partial charge in [-0.25, -0.2) is 4.99 Å². The largest absolute Gasteiger partial charge is 0.284 e. The van der Waals surface area contributed by atoms with E-state index in [1.807, 2.05) is 91.0 Å². The summed E-state index contributed by atoms with van der Waals surface area (Å²) in [5.41, 5.74) is 0.606. The summed E-state index contributed by atoms with van der Waals surface area (Å²) in [7, 11) is 0. The van der Waals surface area contributed by atoms with E-state index in [1.54, 1.807) is 18.2 Å². The Hall–Kier alpha value is -4.50. The van der Waals surface area contributed by atoms with E-state index >= 15 is 0 Å². The second kappa shape index (κ2) is 10.9. The second-order valence-electron chi connectivity index (χ2n) is 8.32. The van der Waals surface area contributed by atoms with Gasteiger partial charge in [0.2, 0.25) is 0 Å². The summed E-state index contributed by atoms with van der Waals surface area (Å²) in [6.45, 7) is -2.72. The molecule has 38 heavy (non-hydrogen) atoms. The Balaban J connectivity index is 1.74. The highest BCUT2D eigenvalue weighted by Crippen LogP contribution is 2.48. The number of nitrogens with zero attached hydrogens (tertiary/aromatic N) is 3. The minimum atomic E-state index is -2.72. The fourth-order valence-electron chi connectivity index (χ4n) is 4.41. The number of nitriles is 1. The summed E-state index contributed by atoms with van der Waals surface area (Å²) in [5, 5.41) is 25.5. The maximum Gasteiger partial charge on any atom is 0.284 e. The van der Waals surface area contributed by atoms with E-state index in [9.17, 15) is 20.2 Å². The smallest absolute Gasteiger partial charge is 0.266 e. The maximum atomic E-state index is 13.0. The van der Waals surface area contributed by atoms with E-state index in [0.29, 0.717) is 20.8 Å². The van der Waals surface area contributed by atoms with E-state index in [-0.39, 0.29) is 5.69 Å². The third-order valence-electron chi connectivity index (χ3n) is 6.10. The van der Waals surface area contributed by atoms with E-state index in [1.165, 1.54) is 12.1 Å². The van der Waals surface area contributed by atoms with Crippen LogP contribution in [0, 0.1) is 21.4 Å². The minimum Gasteiger partial charge on any atom is -0.266 e. The van der Waals surface area contributed by atoms with Crippen molar-refractivity contribution in [3.8, 4) is 6.07 Å². The van der Waals surface area contributed by atoms with Crippen molar-refractivity contribution in [1.29, 1.82) is 5.26 Å². The third kappa shape index (κ3) is 4.64. The van der Waals surface area contributed by atoms with Crippen molar-refractivity contribution in [3.63, 3.8) is 0 Å². The van der Waals surface area contributed by atoms with Crippen LogP contribution in [0.5, 0.6) is 0 Å². The van der Waals surface area contributed by atoms with Gasteiger partial charge in [-0.3, -0.25) is 14.9 Å². The van der Waals surface area contributed by atoms with E-state index in [4.69, 9.17) is 0 Å². The summed E-state index contributed by atoms with van der Waals surface area (Å²) in [6, 6.07) is 38.2. The number of nitro groups is 1. The zero-order chi connectivity index (χ0) is 26.5. The number of carbonyl (C=O) groups is 1.